The Labute approximate surface area is 188 Å². The Hall–Kier alpha value is -3.98. The second-order valence-electron chi connectivity index (χ2n) is 7.20. The first-order valence-electron chi connectivity index (χ1n) is 9.76. The number of phenols is 1. The Kier molecular flexibility index (Phi) is 6.00. The number of phenolic OH excluding ortho intramolecular Hbond substituents is 1. The van der Waals surface area contributed by atoms with Crippen molar-refractivity contribution in [3.8, 4) is 5.75 Å². The molecule has 0 spiro atoms. The Morgan fingerprint density at radius 3 is 2.38 bits per heavy atom. The smallest absolute Gasteiger partial charge is 0.166 e. The summed E-state index contributed by atoms with van der Waals surface area (Å²) in [5.74, 6) is -0.169. The summed E-state index contributed by atoms with van der Waals surface area (Å²) < 4.78 is 4.38. The number of benzene rings is 3. The van der Waals surface area contributed by atoms with E-state index < -0.39 is 0 Å². The number of aromatic nitrogens is 1. The maximum atomic E-state index is 11.8. The number of carbonyl (C=O) groups is 1. The molecule has 0 atom stereocenters. The van der Waals surface area contributed by atoms with Crippen molar-refractivity contribution in [2.75, 3.05) is 19.0 Å². The molecule has 0 saturated carbocycles. The minimum Gasteiger partial charge on any atom is -0.506 e. The zero-order valence-corrected chi connectivity index (χ0v) is 18.5. The van der Waals surface area contributed by atoms with Crippen molar-refractivity contribution in [3.63, 3.8) is 0 Å². The Bertz CT molecular complexity index is 1360. The number of aromatic hydroxyl groups is 1. The van der Waals surface area contributed by atoms with Crippen LogP contribution in [0.15, 0.2) is 81.1 Å². The lowest BCUT2D eigenvalue weighted by Crippen LogP contribution is -2.08. The first-order valence-corrected chi connectivity index (χ1v) is 10.5. The third-order valence-electron chi connectivity index (χ3n) is 4.72. The van der Waals surface area contributed by atoms with Crippen LogP contribution >= 0.6 is 11.5 Å². The average molecular weight is 445 g/mol. The highest BCUT2D eigenvalue weighted by Gasteiger charge is 2.13. The lowest BCUT2D eigenvalue weighted by molar-refractivity contribution is 0.101. The van der Waals surface area contributed by atoms with E-state index in [-0.39, 0.29) is 17.2 Å². The van der Waals surface area contributed by atoms with E-state index in [2.05, 4.69) is 24.8 Å². The summed E-state index contributed by atoms with van der Waals surface area (Å²) in [4.78, 5) is 13.6. The van der Waals surface area contributed by atoms with Crippen LogP contribution in [0.3, 0.4) is 0 Å². The molecule has 4 rings (SSSR count). The highest BCUT2D eigenvalue weighted by Crippen LogP contribution is 2.41. The third-order valence-corrected chi connectivity index (χ3v) is 5.48. The van der Waals surface area contributed by atoms with E-state index >= 15 is 0 Å². The van der Waals surface area contributed by atoms with E-state index in [9.17, 15) is 9.90 Å². The molecule has 0 radical (unpaired) electrons. The van der Waals surface area contributed by atoms with Crippen molar-refractivity contribution in [1.29, 1.82) is 0 Å². The third kappa shape index (κ3) is 4.37. The minimum atomic E-state index is -0.113. The molecule has 8 nitrogen and oxygen atoms in total. The van der Waals surface area contributed by atoms with Crippen LogP contribution in [-0.2, 0) is 0 Å². The predicted octanol–water partition coefficient (Wildman–Crippen LogP) is 7.10. The number of ketones is 1. The summed E-state index contributed by atoms with van der Waals surface area (Å²) in [7, 11) is 3.69. The first kappa shape index (κ1) is 21.3. The minimum absolute atomic E-state index is 0.0556. The molecule has 0 bridgehead atoms. The normalized spacial score (nSPS) is 11.6. The molecule has 0 aliphatic heterocycles. The Balaban J connectivity index is 1.73. The molecule has 0 fully saturated rings. The van der Waals surface area contributed by atoms with Gasteiger partial charge < -0.3 is 10.0 Å². The molecule has 0 aliphatic rings. The van der Waals surface area contributed by atoms with E-state index in [4.69, 9.17) is 0 Å². The van der Waals surface area contributed by atoms with Crippen LogP contribution in [0.1, 0.15) is 17.3 Å². The van der Waals surface area contributed by atoms with Crippen LogP contribution in [0.4, 0.5) is 27.8 Å². The van der Waals surface area contributed by atoms with Crippen LogP contribution in [0, 0.1) is 0 Å². The van der Waals surface area contributed by atoms with Gasteiger partial charge in [0, 0.05) is 31.1 Å². The number of anilines is 1. The molecule has 1 heterocycles. The highest BCUT2D eigenvalue weighted by atomic mass is 32.1. The zero-order valence-electron chi connectivity index (χ0n) is 17.7. The van der Waals surface area contributed by atoms with E-state index in [0.717, 1.165) is 10.9 Å². The molecule has 4 aromatic rings. The standard InChI is InChI=1S/C23H20N6O2S/c1-14(30)15-8-4-6-10-17(15)24-26-20-12-19(21(29(2)3)13-22(20)31)25-27-23-16-9-5-7-11-18(16)28-32-23/h4-13,31H,1-3H3/b26-24+,27-25+. The maximum Gasteiger partial charge on any atom is 0.166 e. The Morgan fingerprint density at radius 2 is 1.59 bits per heavy atom. The number of fused-ring (bicyclic) bond motifs is 1. The average Bonchev–Trinajstić information content (AvgIpc) is 3.20. The van der Waals surface area contributed by atoms with Gasteiger partial charge in [-0.3, -0.25) is 4.79 Å². The lowest BCUT2D eigenvalue weighted by atomic mass is 10.1. The molecular formula is C23H20N6O2S. The topological polar surface area (TPSA) is 103 Å². The predicted molar refractivity (Wildman–Crippen MR) is 127 cm³/mol. The summed E-state index contributed by atoms with van der Waals surface area (Å²) in [5, 5.41) is 29.2. The highest BCUT2D eigenvalue weighted by molar-refractivity contribution is 7.11. The van der Waals surface area contributed by atoms with Crippen molar-refractivity contribution < 1.29 is 9.90 Å². The van der Waals surface area contributed by atoms with Crippen LogP contribution in [0.5, 0.6) is 5.75 Å². The summed E-state index contributed by atoms with van der Waals surface area (Å²) in [6.07, 6.45) is 0. The van der Waals surface area contributed by atoms with Gasteiger partial charge in [0.25, 0.3) is 0 Å². The van der Waals surface area contributed by atoms with E-state index in [0.29, 0.717) is 27.6 Å². The molecule has 160 valence electrons. The molecule has 1 N–H and O–H groups in total. The Morgan fingerprint density at radius 1 is 0.906 bits per heavy atom. The fraction of sp³-hybridized carbons (Fsp3) is 0.130. The second kappa shape index (κ2) is 9.03. The van der Waals surface area contributed by atoms with E-state index in [1.807, 2.05) is 43.3 Å². The van der Waals surface area contributed by atoms with Gasteiger partial charge in [0.2, 0.25) is 0 Å². The first-order chi connectivity index (χ1) is 15.4. The second-order valence-corrected chi connectivity index (χ2v) is 7.95. The van der Waals surface area contributed by atoms with Gasteiger partial charge in [-0.1, -0.05) is 24.3 Å². The number of carbonyl (C=O) groups excluding carboxylic acids is 1. The fourth-order valence-corrected chi connectivity index (χ4v) is 3.78. The van der Waals surface area contributed by atoms with E-state index in [1.54, 1.807) is 36.4 Å². The molecule has 0 unspecified atom stereocenters. The van der Waals surface area contributed by atoms with Crippen molar-refractivity contribution >= 4 is 56.0 Å². The van der Waals surface area contributed by atoms with Gasteiger partial charge in [-0.05, 0) is 48.8 Å². The molecular weight excluding hydrogens is 424 g/mol. The molecule has 1 aromatic heterocycles. The molecule has 9 heteroatoms. The van der Waals surface area contributed by atoms with Gasteiger partial charge in [-0.2, -0.15) is 4.37 Å². The number of Topliss-reactive ketones (excluding diaryl/α,β-unsaturated/α-hetero) is 1. The number of rotatable bonds is 6. The molecule has 0 saturated heterocycles. The van der Waals surface area contributed by atoms with Gasteiger partial charge in [0.05, 0.1) is 16.9 Å². The SMILES string of the molecule is CC(=O)c1ccccc1/N=N/c1cc(/N=N/c2snc3ccccc23)c(N(C)C)cc1O. The monoisotopic (exact) mass is 444 g/mol. The maximum absolute atomic E-state index is 11.8. The largest absolute Gasteiger partial charge is 0.506 e. The lowest BCUT2D eigenvalue weighted by Gasteiger charge is -2.15. The summed E-state index contributed by atoms with van der Waals surface area (Å²) in [5.41, 5.74) is 3.15. The molecule has 0 amide bonds. The number of hydrogen-bond acceptors (Lipinski definition) is 9. The van der Waals surface area contributed by atoms with Crippen LogP contribution in [-0.4, -0.2) is 29.4 Å². The van der Waals surface area contributed by atoms with Crippen LogP contribution in [0.2, 0.25) is 0 Å². The molecule has 0 aliphatic carbocycles. The van der Waals surface area contributed by atoms with Crippen molar-refractivity contribution in [1.82, 2.24) is 4.37 Å². The van der Waals surface area contributed by atoms with Crippen molar-refractivity contribution in [2.45, 2.75) is 6.92 Å². The number of azo groups is 2. The van der Waals surface area contributed by atoms with Crippen molar-refractivity contribution in [2.24, 2.45) is 20.5 Å². The fourth-order valence-electron chi connectivity index (χ4n) is 3.09. The van der Waals surface area contributed by atoms with Gasteiger partial charge in [0.15, 0.2) is 10.8 Å². The summed E-state index contributed by atoms with van der Waals surface area (Å²) in [6, 6.07) is 17.8. The van der Waals surface area contributed by atoms with Crippen LogP contribution < -0.4 is 4.90 Å². The van der Waals surface area contributed by atoms with Gasteiger partial charge in [-0.25, -0.2) is 0 Å². The quantitative estimate of drug-likeness (QED) is 0.253. The number of nitrogens with zero attached hydrogens (tertiary/aromatic N) is 6. The number of hydrogen-bond donors (Lipinski definition) is 1. The van der Waals surface area contributed by atoms with Gasteiger partial charge in [0.1, 0.15) is 17.1 Å². The van der Waals surface area contributed by atoms with Gasteiger partial charge in [-0.15, -0.1) is 20.5 Å². The zero-order chi connectivity index (χ0) is 22.7. The molecule has 3 aromatic carbocycles. The summed E-state index contributed by atoms with van der Waals surface area (Å²) >= 11 is 1.27. The van der Waals surface area contributed by atoms with Crippen LogP contribution in [0.25, 0.3) is 10.9 Å². The van der Waals surface area contributed by atoms with E-state index in [1.165, 1.54) is 18.5 Å². The molecule has 32 heavy (non-hydrogen) atoms. The van der Waals surface area contributed by atoms with Crippen molar-refractivity contribution in [3.05, 3.63) is 66.2 Å². The van der Waals surface area contributed by atoms with Gasteiger partial charge >= 0.3 is 0 Å². The summed E-state index contributed by atoms with van der Waals surface area (Å²) in [6.45, 7) is 1.47.